The zero-order chi connectivity index (χ0) is 15.4. The second kappa shape index (κ2) is 9.35. The molecule has 2 heterocycles. The maximum absolute atomic E-state index is 12.2. The number of nitrogens with two attached hydrogens (primary N) is 1. The zero-order valence-corrected chi connectivity index (χ0v) is 14.9. The minimum Gasteiger partial charge on any atom is -0.398 e. The molecular formula is C17H22Cl2N4O. The summed E-state index contributed by atoms with van der Waals surface area (Å²) in [5, 5.41) is 2.94. The topological polar surface area (TPSA) is 71.2 Å². The second-order valence-corrected chi connectivity index (χ2v) is 5.51. The van der Waals surface area contributed by atoms with E-state index in [-0.39, 0.29) is 30.7 Å². The highest BCUT2D eigenvalue weighted by Crippen LogP contribution is 2.30. The molecule has 0 saturated carbocycles. The standard InChI is InChI=1S/C17H20N4O.2ClH/c18-15-6-1-7-16-14(15)5-3-9-21(16)12-17(22)20-11-13-4-2-8-19-10-13;;/h1-2,4,6-8,10H,3,5,9,11-12,18H2,(H,20,22);2*1H. The first kappa shape index (κ1) is 20.1. The van der Waals surface area contributed by atoms with Crippen molar-refractivity contribution in [3.8, 4) is 0 Å². The van der Waals surface area contributed by atoms with Crippen LogP contribution in [0.25, 0.3) is 0 Å². The first-order valence-electron chi connectivity index (χ1n) is 7.52. The molecule has 1 aromatic carbocycles. The third kappa shape index (κ3) is 4.76. The van der Waals surface area contributed by atoms with Crippen LogP contribution >= 0.6 is 24.8 Å². The molecule has 7 heteroatoms. The Balaban J connectivity index is 0.00000144. The molecule has 0 radical (unpaired) electrons. The Morgan fingerprint density at radius 1 is 1.25 bits per heavy atom. The summed E-state index contributed by atoms with van der Waals surface area (Å²) in [6, 6.07) is 9.72. The van der Waals surface area contributed by atoms with E-state index in [2.05, 4.69) is 15.2 Å². The van der Waals surface area contributed by atoms with Gasteiger partial charge in [0.15, 0.2) is 0 Å². The van der Waals surface area contributed by atoms with Gasteiger partial charge in [-0.3, -0.25) is 9.78 Å². The number of rotatable bonds is 4. The van der Waals surface area contributed by atoms with Crippen LogP contribution in [-0.4, -0.2) is 24.0 Å². The molecule has 0 bridgehead atoms. The van der Waals surface area contributed by atoms with E-state index >= 15 is 0 Å². The number of carbonyl (C=O) groups excluding carboxylic acids is 1. The van der Waals surface area contributed by atoms with Crippen molar-refractivity contribution >= 4 is 42.1 Å². The van der Waals surface area contributed by atoms with E-state index in [4.69, 9.17) is 5.73 Å². The quantitative estimate of drug-likeness (QED) is 0.813. The molecule has 5 nitrogen and oxygen atoms in total. The van der Waals surface area contributed by atoms with Crippen molar-refractivity contribution in [2.24, 2.45) is 0 Å². The zero-order valence-electron chi connectivity index (χ0n) is 13.3. The van der Waals surface area contributed by atoms with E-state index < -0.39 is 0 Å². The Kier molecular flexibility index (Phi) is 7.82. The third-order valence-corrected chi connectivity index (χ3v) is 3.93. The first-order valence-corrected chi connectivity index (χ1v) is 7.52. The molecule has 2 aromatic rings. The van der Waals surface area contributed by atoms with Gasteiger partial charge in [0, 0.05) is 36.9 Å². The summed E-state index contributed by atoms with van der Waals surface area (Å²) in [5.74, 6) is 0.0131. The van der Waals surface area contributed by atoms with Crippen LogP contribution in [0.15, 0.2) is 42.7 Å². The van der Waals surface area contributed by atoms with E-state index in [0.29, 0.717) is 13.1 Å². The number of hydrogen-bond acceptors (Lipinski definition) is 4. The number of benzene rings is 1. The van der Waals surface area contributed by atoms with Crippen LogP contribution in [-0.2, 0) is 17.8 Å². The molecule has 0 spiro atoms. The number of pyridine rings is 1. The molecule has 0 aliphatic carbocycles. The van der Waals surface area contributed by atoms with Gasteiger partial charge in [-0.1, -0.05) is 12.1 Å². The van der Waals surface area contributed by atoms with Crippen LogP contribution in [0.4, 0.5) is 11.4 Å². The summed E-state index contributed by atoms with van der Waals surface area (Å²) in [6.45, 7) is 1.75. The van der Waals surface area contributed by atoms with Gasteiger partial charge in [0.2, 0.25) is 5.91 Å². The van der Waals surface area contributed by atoms with Gasteiger partial charge in [-0.05, 0) is 42.2 Å². The predicted molar refractivity (Wildman–Crippen MR) is 102 cm³/mol. The van der Waals surface area contributed by atoms with E-state index in [9.17, 15) is 4.79 Å². The lowest BCUT2D eigenvalue weighted by Crippen LogP contribution is -2.39. The summed E-state index contributed by atoms with van der Waals surface area (Å²) < 4.78 is 0. The SMILES string of the molecule is Cl.Cl.Nc1cccc2c1CCCN2CC(=O)NCc1cccnc1. The van der Waals surface area contributed by atoms with Gasteiger partial charge in [0.05, 0.1) is 6.54 Å². The highest BCUT2D eigenvalue weighted by atomic mass is 35.5. The minimum atomic E-state index is 0. The summed E-state index contributed by atoms with van der Waals surface area (Å²) in [7, 11) is 0. The molecule has 1 aromatic heterocycles. The second-order valence-electron chi connectivity index (χ2n) is 5.51. The van der Waals surface area contributed by atoms with Crippen LogP contribution in [0.2, 0.25) is 0 Å². The summed E-state index contributed by atoms with van der Waals surface area (Å²) in [5.41, 5.74) is 10.1. The summed E-state index contributed by atoms with van der Waals surface area (Å²) in [4.78, 5) is 18.3. The fourth-order valence-electron chi connectivity index (χ4n) is 2.82. The van der Waals surface area contributed by atoms with Gasteiger partial charge in [-0.25, -0.2) is 0 Å². The largest absolute Gasteiger partial charge is 0.398 e. The number of halogens is 2. The lowest BCUT2D eigenvalue weighted by atomic mass is 10.00. The monoisotopic (exact) mass is 368 g/mol. The number of nitrogens with zero attached hydrogens (tertiary/aromatic N) is 2. The summed E-state index contributed by atoms with van der Waals surface area (Å²) in [6.07, 6.45) is 5.49. The number of nitrogen functional groups attached to an aromatic ring is 1. The average Bonchev–Trinajstić information content (AvgIpc) is 2.55. The van der Waals surface area contributed by atoms with Gasteiger partial charge in [-0.15, -0.1) is 24.8 Å². The molecule has 24 heavy (non-hydrogen) atoms. The first-order chi connectivity index (χ1) is 10.7. The van der Waals surface area contributed by atoms with Crippen LogP contribution in [0.3, 0.4) is 0 Å². The smallest absolute Gasteiger partial charge is 0.239 e. The molecule has 130 valence electrons. The lowest BCUT2D eigenvalue weighted by Gasteiger charge is -2.31. The van der Waals surface area contributed by atoms with E-state index in [0.717, 1.165) is 41.9 Å². The van der Waals surface area contributed by atoms with Gasteiger partial charge in [-0.2, -0.15) is 0 Å². The molecule has 3 N–H and O–H groups in total. The molecule has 3 rings (SSSR count). The molecule has 1 amide bonds. The third-order valence-electron chi connectivity index (χ3n) is 3.93. The van der Waals surface area contributed by atoms with Crippen molar-refractivity contribution in [1.82, 2.24) is 10.3 Å². The normalized spacial score (nSPS) is 12.4. The number of carbonyl (C=O) groups is 1. The highest BCUT2D eigenvalue weighted by molar-refractivity contribution is 5.85. The minimum absolute atomic E-state index is 0. The summed E-state index contributed by atoms with van der Waals surface area (Å²) >= 11 is 0. The van der Waals surface area contributed by atoms with Crippen LogP contribution in [0, 0.1) is 0 Å². The van der Waals surface area contributed by atoms with E-state index in [1.54, 1.807) is 12.4 Å². The maximum atomic E-state index is 12.2. The fourth-order valence-corrected chi connectivity index (χ4v) is 2.82. The predicted octanol–water partition coefficient (Wildman–Crippen LogP) is 2.58. The van der Waals surface area contributed by atoms with Crippen LogP contribution < -0.4 is 16.0 Å². The molecule has 0 unspecified atom stereocenters. The Bertz CT molecular complexity index is 667. The van der Waals surface area contributed by atoms with Gasteiger partial charge in [0.25, 0.3) is 0 Å². The van der Waals surface area contributed by atoms with E-state index in [1.165, 1.54) is 0 Å². The Morgan fingerprint density at radius 3 is 2.83 bits per heavy atom. The van der Waals surface area contributed by atoms with Crippen LogP contribution in [0.5, 0.6) is 0 Å². The van der Waals surface area contributed by atoms with Crippen molar-refractivity contribution in [1.29, 1.82) is 0 Å². The van der Waals surface area contributed by atoms with Crippen molar-refractivity contribution < 1.29 is 4.79 Å². The van der Waals surface area contributed by atoms with Gasteiger partial charge >= 0.3 is 0 Å². The molecule has 0 saturated heterocycles. The fraction of sp³-hybridized carbons (Fsp3) is 0.294. The highest BCUT2D eigenvalue weighted by Gasteiger charge is 2.20. The van der Waals surface area contributed by atoms with Crippen molar-refractivity contribution in [3.05, 3.63) is 53.9 Å². The van der Waals surface area contributed by atoms with Crippen molar-refractivity contribution in [2.45, 2.75) is 19.4 Å². The van der Waals surface area contributed by atoms with Gasteiger partial charge < -0.3 is 16.0 Å². The number of hydrogen-bond donors (Lipinski definition) is 2. The molecular weight excluding hydrogens is 347 g/mol. The molecule has 1 aliphatic rings. The van der Waals surface area contributed by atoms with Crippen molar-refractivity contribution in [3.63, 3.8) is 0 Å². The van der Waals surface area contributed by atoms with Gasteiger partial charge in [0.1, 0.15) is 0 Å². The maximum Gasteiger partial charge on any atom is 0.239 e. The molecule has 0 fully saturated rings. The van der Waals surface area contributed by atoms with Crippen LogP contribution in [0.1, 0.15) is 17.5 Å². The number of amides is 1. The number of fused-ring (bicyclic) bond motifs is 1. The number of aromatic nitrogens is 1. The lowest BCUT2D eigenvalue weighted by molar-refractivity contribution is -0.119. The Hall–Kier alpha value is -1.98. The van der Waals surface area contributed by atoms with Crippen molar-refractivity contribution in [2.75, 3.05) is 23.7 Å². The average molecular weight is 369 g/mol. The molecule has 1 aliphatic heterocycles. The Morgan fingerprint density at radius 2 is 2.08 bits per heavy atom. The Labute approximate surface area is 154 Å². The van der Waals surface area contributed by atoms with E-state index in [1.807, 2.05) is 30.3 Å². The number of nitrogens with one attached hydrogen (secondary N) is 1. The molecule has 0 atom stereocenters. The number of anilines is 2.